The molecule has 0 bridgehead atoms. The minimum Gasteiger partial charge on any atom is -0.392 e. The van der Waals surface area contributed by atoms with Gasteiger partial charge in [0.05, 0.1) is 25.0 Å². The van der Waals surface area contributed by atoms with Gasteiger partial charge in [-0.3, -0.25) is 9.69 Å². The minimum absolute atomic E-state index is 0.0193. The number of morpholine rings is 1. The van der Waals surface area contributed by atoms with Gasteiger partial charge in [-0.2, -0.15) is 0 Å². The van der Waals surface area contributed by atoms with E-state index in [1.807, 2.05) is 37.3 Å². The number of nitrogens with one attached hydrogen (secondary N) is 2. The average Bonchev–Trinajstić information content (AvgIpc) is 3.26. The van der Waals surface area contributed by atoms with Crippen molar-refractivity contribution in [2.45, 2.75) is 52.1 Å². The van der Waals surface area contributed by atoms with Crippen LogP contribution in [-0.2, 0) is 16.0 Å². The van der Waals surface area contributed by atoms with Gasteiger partial charge in [0.1, 0.15) is 0 Å². The standard InChI is InChI=1S/C28H40N4O3S/c1-18(26(34)29-11-12-32-13-15-35-16-14-32)21-9-10-28(3)17-22-24(19(2)23(28)25(21)33)31-27(36-22)30-20-7-5-4-6-8-20/h4-8,18-19,21,23,25,33H,9-17H2,1-3H3,(H,29,34)(H,30,31)/t18-,19+,21-,23+,25-,28+/m0/s1. The van der Waals surface area contributed by atoms with Crippen molar-refractivity contribution >= 4 is 28.1 Å². The van der Waals surface area contributed by atoms with E-state index in [4.69, 9.17) is 9.72 Å². The summed E-state index contributed by atoms with van der Waals surface area (Å²) in [5.41, 5.74) is 2.17. The van der Waals surface area contributed by atoms with E-state index < -0.39 is 6.10 Å². The zero-order valence-electron chi connectivity index (χ0n) is 21.7. The number of para-hydroxylation sites is 1. The van der Waals surface area contributed by atoms with E-state index >= 15 is 0 Å². The molecule has 0 unspecified atom stereocenters. The van der Waals surface area contributed by atoms with Gasteiger partial charge in [0.25, 0.3) is 0 Å². The summed E-state index contributed by atoms with van der Waals surface area (Å²) in [6.07, 6.45) is 2.32. The molecule has 6 atom stereocenters. The number of anilines is 2. The molecule has 2 aliphatic carbocycles. The van der Waals surface area contributed by atoms with Crippen LogP contribution in [0.3, 0.4) is 0 Å². The van der Waals surface area contributed by atoms with Crippen molar-refractivity contribution in [3.63, 3.8) is 0 Å². The first-order valence-electron chi connectivity index (χ1n) is 13.4. The maximum Gasteiger partial charge on any atom is 0.223 e. The quantitative estimate of drug-likeness (QED) is 0.520. The summed E-state index contributed by atoms with van der Waals surface area (Å²) < 4.78 is 5.40. The number of thiazole rings is 1. The summed E-state index contributed by atoms with van der Waals surface area (Å²) in [5, 5.41) is 19.2. The number of aromatic nitrogens is 1. The third-order valence-electron chi connectivity index (χ3n) is 8.83. The number of carbonyl (C=O) groups excluding carboxylic acids is 1. The topological polar surface area (TPSA) is 86.7 Å². The van der Waals surface area contributed by atoms with E-state index in [1.165, 1.54) is 4.88 Å². The zero-order chi connectivity index (χ0) is 25.3. The summed E-state index contributed by atoms with van der Waals surface area (Å²) >= 11 is 1.74. The molecule has 1 saturated heterocycles. The molecule has 8 heteroatoms. The molecular formula is C28H40N4O3S. The summed E-state index contributed by atoms with van der Waals surface area (Å²) in [5.74, 6) is 0.0578. The van der Waals surface area contributed by atoms with Crippen LogP contribution in [0.25, 0.3) is 0 Å². The number of hydrogen-bond acceptors (Lipinski definition) is 7. The number of aliphatic hydroxyl groups is 1. The molecule has 1 aromatic carbocycles. The van der Waals surface area contributed by atoms with E-state index in [0.29, 0.717) is 6.54 Å². The van der Waals surface area contributed by atoms with Gasteiger partial charge in [-0.1, -0.05) is 39.0 Å². The van der Waals surface area contributed by atoms with E-state index in [0.717, 1.165) is 68.6 Å². The van der Waals surface area contributed by atoms with Gasteiger partial charge in [-0.05, 0) is 48.6 Å². The molecule has 196 valence electrons. The lowest BCUT2D eigenvalue weighted by atomic mass is 9.53. The summed E-state index contributed by atoms with van der Waals surface area (Å²) in [6.45, 7) is 11.4. The van der Waals surface area contributed by atoms with E-state index in [-0.39, 0.29) is 35.0 Å². The number of benzene rings is 1. The molecule has 0 spiro atoms. The first-order chi connectivity index (χ1) is 17.4. The molecule has 5 rings (SSSR count). The van der Waals surface area contributed by atoms with Gasteiger partial charge in [0.2, 0.25) is 5.91 Å². The molecule has 36 heavy (non-hydrogen) atoms. The maximum atomic E-state index is 13.0. The monoisotopic (exact) mass is 512 g/mol. The number of hydrogen-bond donors (Lipinski definition) is 3. The number of aliphatic hydroxyl groups excluding tert-OH is 1. The second-order valence-electron chi connectivity index (χ2n) is 11.2. The number of carbonyl (C=O) groups is 1. The number of fused-ring (bicyclic) bond motifs is 2. The van der Waals surface area contributed by atoms with Crippen molar-refractivity contribution in [1.29, 1.82) is 0 Å². The van der Waals surface area contributed by atoms with Crippen LogP contribution >= 0.6 is 11.3 Å². The van der Waals surface area contributed by atoms with Crippen molar-refractivity contribution in [1.82, 2.24) is 15.2 Å². The molecular weight excluding hydrogens is 472 g/mol. The maximum absolute atomic E-state index is 13.0. The largest absolute Gasteiger partial charge is 0.392 e. The van der Waals surface area contributed by atoms with Gasteiger partial charge in [0.15, 0.2) is 5.13 Å². The molecule has 1 saturated carbocycles. The van der Waals surface area contributed by atoms with Crippen molar-refractivity contribution in [3.05, 3.63) is 40.9 Å². The average molecular weight is 513 g/mol. The van der Waals surface area contributed by atoms with Crippen LogP contribution in [0.2, 0.25) is 0 Å². The molecule has 2 aromatic rings. The SMILES string of the molecule is C[C@H](C(=O)NCCN1CCOCC1)[C@@H]1CC[C@]2(C)Cc3sc(Nc4ccccc4)nc3[C@H](C)[C@@H]2[C@H]1O. The van der Waals surface area contributed by atoms with Gasteiger partial charge < -0.3 is 20.5 Å². The molecule has 7 nitrogen and oxygen atoms in total. The highest BCUT2D eigenvalue weighted by Gasteiger charge is 2.53. The highest BCUT2D eigenvalue weighted by molar-refractivity contribution is 7.15. The number of nitrogens with zero attached hydrogens (tertiary/aromatic N) is 2. The Labute approximate surface area is 218 Å². The number of ether oxygens (including phenoxy) is 1. The second-order valence-corrected chi connectivity index (χ2v) is 12.3. The highest BCUT2D eigenvalue weighted by atomic mass is 32.1. The lowest BCUT2D eigenvalue weighted by molar-refractivity contribution is -0.134. The van der Waals surface area contributed by atoms with Gasteiger partial charge in [0, 0.05) is 48.6 Å². The van der Waals surface area contributed by atoms with Gasteiger partial charge in [-0.25, -0.2) is 4.98 Å². The van der Waals surface area contributed by atoms with Crippen LogP contribution in [0.4, 0.5) is 10.8 Å². The highest BCUT2D eigenvalue weighted by Crippen LogP contribution is 2.57. The van der Waals surface area contributed by atoms with E-state index in [9.17, 15) is 9.90 Å². The summed E-state index contributed by atoms with van der Waals surface area (Å²) in [7, 11) is 0. The van der Waals surface area contributed by atoms with Crippen LogP contribution in [0.15, 0.2) is 30.3 Å². The molecule has 3 aliphatic rings. The lowest BCUT2D eigenvalue weighted by Crippen LogP contribution is -2.53. The predicted octanol–water partition coefficient (Wildman–Crippen LogP) is 4.02. The summed E-state index contributed by atoms with van der Waals surface area (Å²) in [6, 6.07) is 10.1. The fourth-order valence-corrected chi connectivity index (χ4v) is 8.05. The Hall–Kier alpha value is -2.00. The van der Waals surface area contributed by atoms with Crippen molar-refractivity contribution < 1.29 is 14.6 Å². The zero-order valence-corrected chi connectivity index (χ0v) is 22.5. The van der Waals surface area contributed by atoms with E-state index in [1.54, 1.807) is 11.3 Å². The number of amides is 1. The second kappa shape index (κ2) is 10.8. The molecule has 1 aliphatic heterocycles. The third-order valence-corrected chi connectivity index (χ3v) is 9.82. The Bertz CT molecular complexity index is 1040. The first kappa shape index (κ1) is 25.6. The van der Waals surface area contributed by atoms with Crippen LogP contribution < -0.4 is 10.6 Å². The van der Waals surface area contributed by atoms with Crippen LogP contribution in [0.1, 0.15) is 50.1 Å². The molecule has 3 N–H and O–H groups in total. The Kier molecular flexibility index (Phi) is 7.67. The summed E-state index contributed by atoms with van der Waals surface area (Å²) in [4.78, 5) is 21.7. The fourth-order valence-electron chi connectivity index (χ4n) is 6.76. The Morgan fingerprint density at radius 2 is 2.06 bits per heavy atom. The van der Waals surface area contributed by atoms with Crippen molar-refractivity contribution in [2.24, 2.45) is 23.2 Å². The molecule has 0 radical (unpaired) electrons. The smallest absolute Gasteiger partial charge is 0.223 e. The van der Waals surface area contributed by atoms with Gasteiger partial charge >= 0.3 is 0 Å². The Balaban J connectivity index is 1.24. The van der Waals surface area contributed by atoms with Crippen molar-refractivity contribution in [3.8, 4) is 0 Å². The van der Waals surface area contributed by atoms with Crippen molar-refractivity contribution in [2.75, 3.05) is 44.7 Å². The van der Waals surface area contributed by atoms with Gasteiger partial charge in [-0.15, -0.1) is 11.3 Å². The van der Waals surface area contributed by atoms with Crippen LogP contribution in [0, 0.1) is 23.2 Å². The van der Waals surface area contributed by atoms with E-state index in [2.05, 4.69) is 29.4 Å². The third kappa shape index (κ3) is 5.19. The Morgan fingerprint density at radius 1 is 1.31 bits per heavy atom. The molecule has 1 aromatic heterocycles. The van der Waals surface area contributed by atoms with Crippen LogP contribution in [-0.4, -0.2) is 66.4 Å². The molecule has 2 fully saturated rings. The predicted molar refractivity (Wildman–Crippen MR) is 144 cm³/mol. The lowest BCUT2D eigenvalue weighted by Gasteiger charge is -2.53. The Morgan fingerprint density at radius 3 is 2.81 bits per heavy atom. The minimum atomic E-state index is -0.515. The normalized spacial score (nSPS) is 31.2. The fraction of sp³-hybridized carbons (Fsp3) is 0.643. The first-order valence-corrected chi connectivity index (χ1v) is 14.2. The molecule has 1 amide bonds. The number of rotatable bonds is 7. The molecule has 2 heterocycles. The van der Waals surface area contributed by atoms with Crippen LogP contribution in [0.5, 0.6) is 0 Å².